The van der Waals surface area contributed by atoms with Crippen LogP contribution in [0.25, 0.3) is 0 Å². The molecule has 0 rings (SSSR count). The molecule has 0 aliphatic heterocycles. The molecule has 0 aliphatic carbocycles. The molecule has 0 unspecified atom stereocenters. The fraction of sp³-hybridized carbons (Fsp3) is 0.900. The van der Waals surface area contributed by atoms with E-state index in [0.29, 0.717) is 19.6 Å². The quantitative estimate of drug-likeness (QED) is 0.711. The summed E-state index contributed by atoms with van der Waals surface area (Å²) in [6.07, 6.45) is 0.727. The Hall–Kier alpha value is -0.640. The molecule has 0 heterocycles. The zero-order valence-corrected chi connectivity index (χ0v) is 11.0. The largest absolute Gasteiger partial charge is 0.330 e. The maximum Gasteiger partial charge on any atom is 0.227 e. The number of sulfonamides is 1. The number of hydrogen-bond donors (Lipinski definition) is 1. The molecule has 0 aromatic carbocycles. The van der Waals surface area contributed by atoms with Crippen molar-refractivity contribution in [3.63, 3.8) is 0 Å². The van der Waals surface area contributed by atoms with Crippen LogP contribution >= 0.6 is 0 Å². The Labute approximate surface area is 98.3 Å². The molecule has 0 amide bonds. The van der Waals surface area contributed by atoms with E-state index < -0.39 is 15.8 Å². The summed E-state index contributed by atoms with van der Waals surface area (Å²) < 4.78 is 24.9. The van der Waals surface area contributed by atoms with Crippen molar-refractivity contribution >= 4 is 10.0 Å². The Kier molecular flexibility index (Phi) is 5.94. The number of nitriles is 1. The van der Waals surface area contributed by atoms with Crippen LogP contribution < -0.4 is 5.73 Å². The minimum absolute atomic E-state index is 0.266. The van der Waals surface area contributed by atoms with Gasteiger partial charge in [-0.2, -0.15) is 5.26 Å². The van der Waals surface area contributed by atoms with Crippen LogP contribution in [-0.4, -0.2) is 38.1 Å². The Morgan fingerprint density at radius 1 is 1.44 bits per heavy atom. The van der Waals surface area contributed by atoms with Crippen LogP contribution in [0.3, 0.4) is 0 Å². The standard InChI is InChI=1S/C10H21N3O2S/c1-4-6-13(9-10(2,3)8-12)16(14,15)7-5-11/h4,6-9,12H2,1-3H3. The maximum absolute atomic E-state index is 11.8. The predicted octanol–water partition coefficient (Wildman–Crippen LogP) is 0.537. The fourth-order valence-corrected chi connectivity index (χ4v) is 2.63. The van der Waals surface area contributed by atoms with Crippen LogP contribution in [0.1, 0.15) is 27.2 Å². The van der Waals surface area contributed by atoms with Gasteiger partial charge in [0.25, 0.3) is 0 Å². The molecule has 0 bridgehead atoms. The molecule has 0 saturated heterocycles. The third-order valence-corrected chi connectivity index (χ3v) is 3.86. The van der Waals surface area contributed by atoms with Crippen molar-refractivity contribution in [2.45, 2.75) is 27.2 Å². The van der Waals surface area contributed by atoms with E-state index in [2.05, 4.69) is 0 Å². The monoisotopic (exact) mass is 247 g/mol. The van der Waals surface area contributed by atoms with E-state index in [9.17, 15) is 8.42 Å². The van der Waals surface area contributed by atoms with Gasteiger partial charge in [0.15, 0.2) is 5.75 Å². The van der Waals surface area contributed by atoms with E-state index in [1.807, 2.05) is 20.8 Å². The summed E-state index contributed by atoms with van der Waals surface area (Å²) in [4.78, 5) is 0. The highest BCUT2D eigenvalue weighted by Gasteiger charge is 2.27. The number of nitrogens with zero attached hydrogens (tertiary/aromatic N) is 2. The molecular formula is C10H21N3O2S. The van der Waals surface area contributed by atoms with Gasteiger partial charge in [-0.3, -0.25) is 0 Å². The van der Waals surface area contributed by atoms with E-state index in [0.717, 1.165) is 6.42 Å². The molecule has 94 valence electrons. The van der Waals surface area contributed by atoms with Gasteiger partial charge in [0.2, 0.25) is 10.0 Å². The summed E-state index contributed by atoms with van der Waals surface area (Å²) in [6, 6.07) is 1.69. The summed E-state index contributed by atoms with van der Waals surface area (Å²) in [7, 11) is -3.46. The highest BCUT2D eigenvalue weighted by atomic mass is 32.2. The lowest BCUT2D eigenvalue weighted by atomic mass is 9.94. The summed E-state index contributed by atoms with van der Waals surface area (Å²) in [5.41, 5.74) is 5.32. The average molecular weight is 247 g/mol. The van der Waals surface area contributed by atoms with Crippen LogP contribution in [0.2, 0.25) is 0 Å². The Bertz CT molecular complexity index is 344. The van der Waals surface area contributed by atoms with Crippen LogP contribution in [0.5, 0.6) is 0 Å². The van der Waals surface area contributed by atoms with Crippen molar-refractivity contribution in [2.24, 2.45) is 11.1 Å². The van der Waals surface area contributed by atoms with Gasteiger partial charge in [-0.25, -0.2) is 12.7 Å². The molecule has 0 radical (unpaired) electrons. The van der Waals surface area contributed by atoms with Crippen molar-refractivity contribution in [1.82, 2.24) is 4.31 Å². The highest BCUT2D eigenvalue weighted by molar-refractivity contribution is 7.89. The number of hydrogen-bond acceptors (Lipinski definition) is 4. The van der Waals surface area contributed by atoms with E-state index >= 15 is 0 Å². The topological polar surface area (TPSA) is 87.2 Å². The first-order chi connectivity index (χ1) is 7.29. The van der Waals surface area contributed by atoms with Crippen molar-refractivity contribution in [3.05, 3.63) is 0 Å². The number of nitrogens with two attached hydrogens (primary N) is 1. The summed E-state index contributed by atoms with van der Waals surface area (Å²) in [6.45, 7) is 6.95. The second kappa shape index (κ2) is 6.18. The SMILES string of the molecule is CCCN(CC(C)(C)CN)S(=O)(=O)CC#N. The first-order valence-electron chi connectivity index (χ1n) is 5.34. The Balaban J connectivity index is 4.83. The second-order valence-electron chi connectivity index (χ2n) is 4.62. The van der Waals surface area contributed by atoms with Gasteiger partial charge in [-0.1, -0.05) is 20.8 Å². The smallest absolute Gasteiger partial charge is 0.227 e. The maximum atomic E-state index is 11.8. The highest BCUT2D eigenvalue weighted by Crippen LogP contribution is 2.17. The third-order valence-electron chi connectivity index (χ3n) is 2.27. The molecule has 0 aliphatic rings. The van der Waals surface area contributed by atoms with Crippen molar-refractivity contribution in [3.8, 4) is 6.07 Å². The van der Waals surface area contributed by atoms with Gasteiger partial charge in [-0.15, -0.1) is 0 Å². The minimum atomic E-state index is -3.46. The Morgan fingerprint density at radius 2 is 2.00 bits per heavy atom. The summed E-state index contributed by atoms with van der Waals surface area (Å²) in [5, 5.41) is 8.49. The van der Waals surface area contributed by atoms with E-state index in [4.69, 9.17) is 11.0 Å². The van der Waals surface area contributed by atoms with E-state index in [1.165, 1.54) is 4.31 Å². The predicted molar refractivity (Wildman–Crippen MR) is 64.1 cm³/mol. The molecular weight excluding hydrogens is 226 g/mol. The minimum Gasteiger partial charge on any atom is -0.330 e. The van der Waals surface area contributed by atoms with Gasteiger partial charge in [0.1, 0.15) is 0 Å². The third kappa shape index (κ3) is 4.92. The van der Waals surface area contributed by atoms with E-state index in [1.54, 1.807) is 6.07 Å². The molecule has 5 nitrogen and oxygen atoms in total. The molecule has 16 heavy (non-hydrogen) atoms. The number of rotatable bonds is 7. The van der Waals surface area contributed by atoms with Gasteiger partial charge in [-0.05, 0) is 18.4 Å². The van der Waals surface area contributed by atoms with Crippen LogP contribution in [0, 0.1) is 16.7 Å². The second-order valence-corrected chi connectivity index (χ2v) is 6.59. The molecule has 0 aromatic heterocycles. The van der Waals surface area contributed by atoms with Crippen LogP contribution in [-0.2, 0) is 10.0 Å². The lowest BCUT2D eigenvalue weighted by Gasteiger charge is -2.30. The lowest BCUT2D eigenvalue weighted by Crippen LogP contribution is -2.43. The van der Waals surface area contributed by atoms with Crippen LogP contribution in [0.4, 0.5) is 0 Å². The molecule has 0 saturated carbocycles. The van der Waals surface area contributed by atoms with Gasteiger partial charge in [0.05, 0.1) is 6.07 Å². The average Bonchev–Trinajstić information content (AvgIpc) is 2.17. The summed E-state index contributed by atoms with van der Waals surface area (Å²) in [5.74, 6) is -0.465. The van der Waals surface area contributed by atoms with Gasteiger partial charge >= 0.3 is 0 Å². The molecule has 2 N–H and O–H groups in total. The molecule has 0 fully saturated rings. The zero-order chi connectivity index (χ0) is 12.8. The van der Waals surface area contributed by atoms with Crippen molar-refractivity contribution in [2.75, 3.05) is 25.4 Å². The lowest BCUT2D eigenvalue weighted by molar-refractivity contribution is 0.267. The van der Waals surface area contributed by atoms with E-state index in [-0.39, 0.29) is 5.41 Å². The van der Waals surface area contributed by atoms with Gasteiger partial charge in [0, 0.05) is 13.1 Å². The zero-order valence-electron chi connectivity index (χ0n) is 10.2. The molecule has 0 spiro atoms. The van der Waals surface area contributed by atoms with Crippen molar-refractivity contribution in [1.29, 1.82) is 5.26 Å². The van der Waals surface area contributed by atoms with Crippen molar-refractivity contribution < 1.29 is 8.42 Å². The molecule has 6 heteroatoms. The fourth-order valence-electron chi connectivity index (χ4n) is 1.28. The molecule has 0 atom stereocenters. The van der Waals surface area contributed by atoms with Gasteiger partial charge < -0.3 is 5.73 Å². The normalized spacial score (nSPS) is 12.8. The Morgan fingerprint density at radius 3 is 2.38 bits per heavy atom. The first kappa shape index (κ1) is 15.4. The van der Waals surface area contributed by atoms with Crippen LogP contribution in [0.15, 0.2) is 0 Å². The first-order valence-corrected chi connectivity index (χ1v) is 6.95. The summed E-state index contributed by atoms with van der Waals surface area (Å²) >= 11 is 0. The molecule has 0 aromatic rings.